The molecule has 0 radical (unpaired) electrons. The van der Waals surface area contributed by atoms with Crippen molar-refractivity contribution in [3.8, 4) is 0 Å². The first kappa shape index (κ1) is 13.6. The summed E-state index contributed by atoms with van der Waals surface area (Å²) in [4.78, 5) is 1.43. The van der Waals surface area contributed by atoms with Gasteiger partial charge in [-0.2, -0.15) is 0 Å². The molecule has 2 rings (SSSR count). The number of thiophene rings is 1. The van der Waals surface area contributed by atoms with E-state index in [-0.39, 0.29) is 0 Å². The molecule has 1 N–H and O–H groups in total. The van der Waals surface area contributed by atoms with E-state index in [1.165, 1.54) is 54.4 Å². The molecule has 3 heteroatoms. The summed E-state index contributed by atoms with van der Waals surface area (Å²) in [6.45, 7) is 3.43. The first-order valence-corrected chi connectivity index (χ1v) is 8.40. The Morgan fingerprint density at radius 3 is 2.82 bits per heavy atom. The van der Waals surface area contributed by atoms with E-state index in [0.29, 0.717) is 6.04 Å². The third kappa shape index (κ3) is 4.38. The predicted octanol–water partition coefficient (Wildman–Crippen LogP) is 5.13. The van der Waals surface area contributed by atoms with Gasteiger partial charge in [0.1, 0.15) is 0 Å². The number of halogens is 1. The van der Waals surface area contributed by atoms with Gasteiger partial charge in [0.15, 0.2) is 0 Å². The van der Waals surface area contributed by atoms with Gasteiger partial charge in [0.25, 0.3) is 0 Å². The van der Waals surface area contributed by atoms with Crippen LogP contribution >= 0.6 is 27.3 Å². The summed E-state index contributed by atoms with van der Waals surface area (Å²) < 4.78 is 1.21. The van der Waals surface area contributed by atoms with Gasteiger partial charge in [0.2, 0.25) is 0 Å². The minimum absolute atomic E-state index is 0.495. The fraction of sp³-hybridized carbons (Fsp3) is 0.714. The molecule has 1 aromatic heterocycles. The molecular weight excluding hydrogens is 294 g/mol. The number of nitrogens with one attached hydrogen (secondary N) is 1. The first-order valence-electron chi connectivity index (χ1n) is 6.73. The summed E-state index contributed by atoms with van der Waals surface area (Å²) in [5.74, 6) is 0.985. The lowest BCUT2D eigenvalue weighted by Crippen LogP contribution is -2.22. The Morgan fingerprint density at radius 2 is 2.18 bits per heavy atom. The molecule has 0 bridgehead atoms. The van der Waals surface area contributed by atoms with Crippen LogP contribution in [0.2, 0.25) is 0 Å². The molecule has 0 saturated heterocycles. The minimum atomic E-state index is 0.495. The van der Waals surface area contributed by atoms with Gasteiger partial charge in [-0.1, -0.05) is 32.1 Å². The van der Waals surface area contributed by atoms with Gasteiger partial charge in [0, 0.05) is 20.8 Å². The Labute approximate surface area is 117 Å². The topological polar surface area (TPSA) is 12.0 Å². The second kappa shape index (κ2) is 6.91. The summed E-state index contributed by atoms with van der Waals surface area (Å²) in [6, 6.07) is 2.72. The van der Waals surface area contributed by atoms with Crippen molar-refractivity contribution in [2.45, 2.75) is 51.5 Å². The zero-order chi connectivity index (χ0) is 12.1. The summed E-state index contributed by atoms with van der Waals surface area (Å²) >= 11 is 5.35. The van der Waals surface area contributed by atoms with Crippen LogP contribution < -0.4 is 5.32 Å². The molecule has 0 aliphatic heterocycles. The van der Waals surface area contributed by atoms with E-state index in [4.69, 9.17) is 0 Å². The molecule has 1 atom stereocenters. The molecule has 0 spiro atoms. The van der Waals surface area contributed by atoms with Gasteiger partial charge in [0.05, 0.1) is 0 Å². The SMILES string of the molecule is CC(NCCC1CCCCC1)c1cc(Br)cs1. The van der Waals surface area contributed by atoms with Crippen molar-refractivity contribution in [1.29, 1.82) is 0 Å². The van der Waals surface area contributed by atoms with Gasteiger partial charge < -0.3 is 5.32 Å². The van der Waals surface area contributed by atoms with Crippen LogP contribution in [0.4, 0.5) is 0 Å². The Hall–Kier alpha value is 0.140. The van der Waals surface area contributed by atoms with Crippen molar-refractivity contribution >= 4 is 27.3 Å². The van der Waals surface area contributed by atoms with Crippen molar-refractivity contribution in [1.82, 2.24) is 5.32 Å². The summed E-state index contributed by atoms with van der Waals surface area (Å²) in [5.41, 5.74) is 0. The van der Waals surface area contributed by atoms with Crippen LogP contribution in [0.3, 0.4) is 0 Å². The van der Waals surface area contributed by atoms with Gasteiger partial charge in [-0.05, 0) is 47.8 Å². The van der Waals surface area contributed by atoms with E-state index in [0.717, 1.165) is 5.92 Å². The average Bonchev–Trinajstić information content (AvgIpc) is 2.77. The predicted molar refractivity (Wildman–Crippen MR) is 79.6 cm³/mol. The highest BCUT2D eigenvalue weighted by Gasteiger charge is 2.13. The smallest absolute Gasteiger partial charge is 0.0386 e. The van der Waals surface area contributed by atoms with Crippen LogP contribution in [0.5, 0.6) is 0 Å². The molecule has 1 fully saturated rings. The van der Waals surface area contributed by atoms with Crippen molar-refractivity contribution in [2.24, 2.45) is 5.92 Å². The maximum absolute atomic E-state index is 3.65. The van der Waals surface area contributed by atoms with Crippen molar-refractivity contribution < 1.29 is 0 Å². The Balaban J connectivity index is 1.67. The first-order chi connectivity index (χ1) is 8.25. The van der Waals surface area contributed by atoms with Crippen molar-refractivity contribution in [2.75, 3.05) is 6.54 Å². The normalized spacial score (nSPS) is 19.4. The van der Waals surface area contributed by atoms with Crippen LogP contribution in [-0.2, 0) is 0 Å². The zero-order valence-corrected chi connectivity index (χ0v) is 12.9. The third-order valence-electron chi connectivity index (χ3n) is 3.74. The molecule has 17 heavy (non-hydrogen) atoms. The minimum Gasteiger partial charge on any atom is -0.309 e. The Morgan fingerprint density at radius 1 is 1.41 bits per heavy atom. The Bertz CT molecular complexity index is 331. The van der Waals surface area contributed by atoms with Crippen LogP contribution in [0, 0.1) is 5.92 Å². The van der Waals surface area contributed by atoms with Crippen LogP contribution in [0.1, 0.15) is 56.4 Å². The van der Waals surface area contributed by atoms with Crippen LogP contribution in [-0.4, -0.2) is 6.54 Å². The van der Waals surface area contributed by atoms with Crippen molar-refractivity contribution in [3.05, 3.63) is 20.8 Å². The highest BCUT2D eigenvalue weighted by Crippen LogP contribution is 2.27. The molecule has 1 unspecified atom stereocenters. The molecule has 0 aromatic carbocycles. The van der Waals surface area contributed by atoms with E-state index < -0.39 is 0 Å². The monoisotopic (exact) mass is 315 g/mol. The van der Waals surface area contributed by atoms with Crippen LogP contribution in [0.15, 0.2) is 15.9 Å². The maximum atomic E-state index is 3.65. The number of hydrogen-bond donors (Lipinski definition) is 1. The average molecular weight is 316 g/mol. The lowest BCUT2D eigenvalue weighted by molar-refractivity contribution is 0.330. The van der Waals surface area contributed by atoms with Gasteiger partial charge in [-0.3, -0.25) is 0 Å². The molecule has 1 heterocycles. The summed E-state index contributed by atoms with van der Waals surface area (Å²) in [6.07, 6.45) is 8.65. The summed E-state index contributed by atoms with van der Waals surface area (Å²) in [5, 5.41) is 5.81. The molecule has 1 nitrogen and oxygen atoms in total. The van der Waals surface area contributed by atoms with E-state index in [1.807, 2.05) is 11.3 Å². The molecule has 1 aromatic rings. The molecule has 1 aliphatic carbocycles. The Kier molecular flexibility index (Phi) is 5.51. The van der Waals surface area contributed by atoms with Gasteiger partial charge in [-0.15, -0.1) is 11.3 Å². The molecule has 96 valence electrons. The molecule has 0 amide bonds. The molecule has 1 saturated carbocycles. The fourth-order valence-corrected chi connectivity index (χ4v) is 4.11. The zero-order valence-electron chi connectivity index (χ0n) is 10.5. The van der Waals surface area contributed by atoms with E-state index in [9.17, 15) is 0 Å². The van der Waals surface area contributed by atoms with E-state index in [2.05, 4.69) is 39.6 Å². The summed E-state index contributed by atoms with van der Waals surface area (Å²) in [7, 11) is 0. The standard InChI is InChI=1S/C14H22BrNS/c1-11(14-9-13(15)10-17-14)16-8-7-12-5-3-2-4-6-12/h9-12,16H,2-8H2,1H3. The number of rotatable bonds is 5. The highest BCUT2D eigenvalue weighted by molar-refractivity contribution is 9.10. The quantitative estimate of drug-likeness (QED) is 0.794. The highest BCUT2D eigenvalue weighted by atomic mass is 79.9. The van der Waals surface area contributed by atoms with E-state index >= 15 is 0 Å². The molecular formula is C14H22BrNS. The van der Waals surface area contributed by atoms with Crippen LogP contribution in [0.25, 0.3) is 0 Å². The maximum Gasteiger partial charge on any atom is 0.0386 e. The van der Waals surface area contributed by atoms with E-state index in [1.54, 1.807) is 0 Å². The lowest BCUT2D eigenvalue weighted by atomic mass is 9.87. The fourth-order valence-electron chi connectivity index (χ4n) is 2.64. The second-order valence-corrected chi connectivity index (χ2v) is 6.99. The molecule has 1 aliphatic rings. The largest absolute Gasteiger partial charge is 0.309 e. The third-order valence-corrected chi connectivity index (χ3v) is 5.62. The lowest BCUT2D eigenvalue weighted by Gasteiger charge is -2.22. The van der Waals surface area contributed by atoms with Gasteiger partial charge >= 0.3 is 0 Å². The second-order valence-electron chi connectivity index (χ2n) is 5.14. The van der Waals surface area contributed by atoms with Crippen molar-refractivity contribution in [3.63, 3.8) is 0 Å². The van der Waals surface area contributed by atoms with Gasteiger partial charge in [-0.25, -0.2) is 0 Å². The number of hydrogen-bond acceptors (Lipinski definition) is 2.